The van der Waals surface area contributed by atoms with E-state index >= 15 is 0 Å². The summed E-state index contributed by atoms with van der Waals surface area (Å²) in [5, 5.41) is 0. The van der Waals surface area contributed by atoms with Gasteiger partial charge in [-0.25, -0.2) is 9.59 Å². The average molecular weight is 1890 g/mol. The number of carbonyl (C=O) groups is 16. The lowest BCUT2D eigenvalue weighted by Crippen LogP contribution is -2.41. The van der Waals surface area contributed by atoms with Gasteiger partial charge in [-0.05, 0) is 256 Å². The van der Waals surface area contributed by atoms with Crippen molar-refractivity contribution >= 4 is 95.5 Å². The molecule has 7 fully saturated rings. The summed E-state index contributed by atoms with van der Waals surface area (Å²) in [7, 11) is 0. The van der Waals surface area contributed by atoms with Crippen molar-refractivity contribution in [1.29, 1.82) is 0 Å². The zero-order chi connectivity index (χ0) is 103. The monoisotopic (exact) mass is 1890 g/mol. The summed E-state index contributed by atoms with van der Waals surface area (Å²) < 4.78 is 37.6. The Hall–Kier alpha value is -7.14. The number of carbonyl (C=O) groups excluding carboxylic acids is 16. The van der Waals surface area contributed by atoms with Crippen molar-refractivity contribution in [3.05, 3.63) is 12.2 Å². The van der Waals surface area contributed by atoms with E-state index in [0.29, 0.717) is 71.0 Å². The van der Waals surface area contributed by atoms with Crippen molar-refractivity contribution in [2.45, 2.75) is 391 Å². The number of cyclic esters (lactones) is 16. The maximum Gasteiger partial charge on any atom is 0.338 e. The molecule has 8 aliphatic rings. The molecular formula is C110H184O24. The zero-order valence-corrected chi connectivity index (χ0v) is 89.8. The lowest BCUT2D eigenvalue weighted by molar-refractivity contribution is -0.158. The molecule has 0 amide bonds. The average Bonchev–Trinajstić information content (AvgIpc) is 1.61. The lowest BCUT2D eigenvalue weighted by atomic mass is 9.61. The minimum absolute atomic E-state index is 0.133. The van der Waals surface area contributed by atoms with Crippen LogP contribution in [0.4, 0.5) is 0 Å². The number of hydrogen-bond donors (Lipinski definition) is 0. The Balaban J connectivity index is 0.000000546. The molecule has 8 aliphatic heterocycles. The van der Waals surface area contributed by atoms with Gasteiger partial charge in [-0.1, -0.05) is 249 Å². The lowest BCUT2D eigenvalue weighted by Gasteiger charge is -2.40. The van der Waals surface area contributed by atoms with E-state index in [1.165, 1.54) is 38.5 Å². The van der Waals surface area contributed by atoms with Crippen LogP contribution in [0.1, 0.15) is 391 Å². The van der Waals surface area contributed by atoms with Gasteiger partial charge in [-0.2, -0.15) is 0 Å². The number of hydrogen-bond acceptors (Lipinski definition) is 24. The highest BCUT2D eigenvalue weighted by atomic mass is 16.6. The second-order valence-electron chi connectivity index (χ2n) is 48.8. The first-order valence-electron chi connectivity index (χ1n) is 51.3. The Morgan fingerprint density at radius 3 is 0.575 bits per heavy atom. The molecule has 24 nitrogen and oxygen atoms in total. The molecule has 0 saturated carbocycles. The fourth-order valence-electron chi connectivity index (χ4n) is 25.3. The van der Waals surface area contributed by atoms with Crippen LogP contribution in [0.25, 0.3) is 0 Å². The Morgan fingerprint density at radius 2 is 0.403 bits per heavy atom. The van der Waals surface area contributed by atoms with E-state index in [2.05, 4.69) is 247 Å². The first-order chi connectivity index (χ1) is 61.6. The van der Waals surface area contributed by atoms with Gasteiger partial charge in [0.2, 0.25) is 0 Å². The molecule has 134 heavy (non-hydrogen) atoms. The zero-order valence-electron chi connectivity index (χ0n) is 89.8. The molecule has 768 valence electrons. The van der Waals surface area contributed by atoms with E-state index in [0.717, 1.165) is 137 Å². The number of ether oxygens (including phenoxy) is 8. The highest BCUT2D eigenvalue weighted by Gasteiger charge is 2.64. The van der Waals surface area contributed by atoms with Crippen LogP contribution in [0, 0.1) is 199 Å². The van der Waals surface area contributed by atoms with Gasteiger partial charge in [0, 0.05) is 12.2 Å². The molecule has 0 radical (unpaired) electrons. The Labute approximate surface area is 807 Å². The summed E-state index contributed by atoms with van der Waals surface area (Å²) in [5.74, 6) is -5.37. The van der Waals surface area contributed by atoms with E-state index in [-0.39, 0.29) is 49.0 Å². The number of rotatable bonds is 43. The van der Waals surface area contributed by atoms with Crippen molar-refractivity contribution in [2.24, 2.45) is 199 Å². The molecule has 8 rings (SSSR count). The van der Waals surface area contributed by atoms with E-state index in [1.54, 1.807) is 0 Å². The van der Waals surface area contributed by atoms with Crippen molar-refractivity contribution in [1.82, 2.24) is 0 Å². The quantitative estimate of drug-likeness (QED) is 0.0311. The molecule has 7 saturated heterocycles. The minimum Gasteiger partial charge on any atom is -0.393 e. The summed E-state index contributed by atoms with van der Waals surface area (Å²) in [5.41, 5.74) is -1.63. The van der Waals surface area contributed by atoms with Crippen LogP contribution in [0.2, 0.25) is 0 Å². The molecule has 22 unspecified atom stereocenters. The topological polar surface area (TPSA) is 347 Å². The molecular weight excluding hydrogens is 1710 g/mol. The van der Waals surface area contributed by atoms with Crippen LogP contribution in [0.15, 0.2) is 12.2 Å². The first-order valence-corrected chi connectivity index (χ1v) is 51.3. The van der Waals surface area contributed by atoms with E-state index in [9.17, 15) is 76.7 Å². The van der Waals surface area contributed by atoms with Crippen molar-refractivity contribution in [2.75, 3.05) is 0 Å². The van der Waals surface area contributed by atoms with Crippen LogP contribution >= 0.6 is 0 Å². The van der Waals surface area contributed by atoms with E-state index in [4.69, 9.17) is 18.9 Å². The van der Waals surface area contributed by atoms with Crippen LogP contribution in [-0.4, -0.2) is 95.5 Å². The smallest absolute Gasteiger partial charge is 0.338 e. The maximum absolute atomic E-state index is 12.7. The fraction of sp³-hybridized carbons (Fsp3) is 0.836. The second-order valence-corrected chi connectivity index (χ2v) is 48.8. The van der Waals surface area contributed by atoms with Crippen LogP contribution in [0.5, 0.6) is 0 Å². The largest absolute Gasteiger partial charge is 0.393 e. The summed E-state index contributed by atoms with van der Waals surface area (Å²) >= 11 is 0. The van der Waals surface area contributed by atoms with Gasteiger partial charge >= 0.3 is 95.5 Å². The first kappa shape index (κ1) is 123. The molecule has 0 N–H and O–H groups in total. The highest BCUT2D eigenvalue weighted by molar-refractivity contribution is 6.06. The molecule has 8 heterocycles. The Morgan fingerprint density at radius 1 is 0.209 bits per heavy atom. The van der Waals surface area contributed by atoms with E-state index < -0.39 is 153 Å². The third-order valence-corrected chi connectivity index (χ3v) is 27.1. The molecule has 0 aromatic heterocycles. The fourth-order valence-corrected chi connectivity index (χ4v) is 25.3. The highest BCUT2D eigenvalue weighted by Crippen LogP contribution is 2.56. The van der Waals surface area contributed by atoms with Crippen LogP contribution in [-0.2, 0) is 115 Å². The predicted molar refractivity (Wildman–Crippen MR) is 518 cm³/mol. The normalized spacial score (nSPS) is 25.4. The Kier molecular flexibility index (Phi) is 51.5. The molecule has 0 aliphatic carbocycles. The van der Waals surface area contributed by atoms with Crippen LogP contribution in [0.3, 0.4) is 0 Å². The van der Waals surface area contributed by atoms with Crippen LogP contribution < -0.4 is 0 Å². The predicted octanol–water partition coefficient (Wildman–Crippen LogP) is 23.9. The van der Waals surface area contributed by atoms with Gasteiger partial charge in [-0.3, -0.25) is 67.1 Å². The summed E-state index contributed by atoms with van der Waals surface area (Å²) in [6.07, 6.45) is 20.9. The third kappa shape index (κ3) is 41.9. The van der Waals surface area contributed by atoms with Crippen molar-refractivity contribution in [3.63, 3.8) is 0 Å². The number of esters is 16. The maximum atomic E-state index is 12.7. The standard InChI is InChI=1S/3C21H32O6.C17H30O3.2C13H28.C4H2O3/c3*1-11(2)7-13(5)10-21(6,9-12(3)4)17-16(19(24)27-20(17)25)14-8-15(22)26-18(14)23;1-11(2)7-13(5)10-17(6,9-12(3)4)14-8-15(18)20-16(14)19;2*1-10(2)7-12(5)9-13(6)8-11(3)4;5-3-1-2-4(6)7-3/h3*11-14,16-17H,7-10H2,1-6H3;11-14H,7-10H2,1-6H3;2*10-13H,7-9H2,1-6H3;1-2H. The van der Waals surface area contributed by atoms with Gasteiger partial charge in [0.25, 0.3) is 0 Å². The van der Waals surface area contributed by atoms with Crippen molar-refractivity contribution in [3.8, 4) is 0 Å². The second kappa shape index (κ2) is 56.2. The molecule has 24 heteroatoms. The summed E-state index contributed by atoms with van der Waals surface area (Å²) in [6.45, 7) is 79.3. The molecule has 0 spiro atoms. The van der Waals surface area contributed by atoms with Gasteiger partial charge in [-0.15, -0.1) is 0 Å². The third-order valence-electron chi connectivity index (χ3n) is 27.1. The van der Waals surface area contributed by atoms with E-state index in [1.807, 2.05) is 20.8 Å². The van der Waals surface area contributed by atoms with Gasteiger partial charge in [0.15, 0.2) is 0 Å². The molecule has 22 atom stereocenters. The van der Waals surface area contributed by atoms with Gasteiger partial charge in [0.05, 0.1) is 84.9 Å². The SMILES string of the molecule is CC(C)CC(C)CC(C)(CC(C)C)C1C(=O)OC(=O)C1C1CC(=O)OC1=O.CC(C)CC(C)CC(C)(CC(C)C)C1C(=O)OC(=O)C1C1CC(=O)OC1=O.CC(C)CC(C)CC(C)(CC(C)C)C1C(=O)OC(=O)C1C1CC(=O)OC1=O.CC(C)CC(C)CC(C)(CC(C)C)C1CC(=O)OC1=O.CC(C)CC(C)CC(C)CC(C)C.CC(C)CC(C)CC(C)CC(C)C.O=C1C=CC(=O)O1. The molecule has 0 aromatic carbocycles. The Bertz CT molecular complexity index is 3560. The molecule has 0 bridgehead atoms. The molecule has 0 aromatic rings. The van der Waals surface area contributed by atoms with Gasteiger partial charge < -0.3 is 37.9 Å². The van der Waals surface area contributed by atoms with Gasteiger partial charge in [0.1, 0.15) is 0 Å². The minimum atomic E-state index is -0.938. The summed E-state index contributed by atoms with van der Waals surface area (Å²) in [4.78, 5) is 190. The summed E-state index contributed by atoms with van der Waals surface area (Å²) in [6, 6.07) is 0. The van der Waals surface area contributed by atoms with Crippen molar-refractivity contribution < 1.29 is 115 Å².